The molecule has 0 radical (unpaired) electrons. The number of hydrogen-bond donors (Lipinski definition) is 1. The van der Waals surface area contributed by atoms with Crippen LogP contribution in [0.5, 0.6) is 0 Å². The van der Waals surface area contributed by atoms with E-state index in [-0.39, 0.29) is 17.3 Å². The van der Waals surface area contributed by atoms with Gasteiger partial charge in [0.15, 0.2) is 0 Å². The van der Waals surface area contributed by atoms with E-state index in [4.69, 9.17) is 11.6 Å². The molecule has 190 valence electrons. The molecule has 3 aromatic rings. The molecule has 9 heteroatoms. The molecule has 0 fully saturated rings. The Labute approximate surface area is 217 Å². The van der Waals surface area contributed by atoms with Gasteiger partial charge in [-0.15, -0.1) is 0 Å². The van der Waals surface area contributed by atoms with Gasteiger partial charge in [-0.1, -0.05) is 65.7 Å². The number of rotatable bonds is 9. The molecule has 3 rings (SSSR count). The average Bonchev–Trinajstić information content (AvgIpc) is 2.88. The van der Waals surface area contributed by atoms with Crippen molar-refractivity contribution in [2.24, 2.45) is 0 Å². The first-order chi connectivity index (χ1) is 17.1. The lowest BCUT2D eigenvalue weighted by Gasteiger charge is -2.32. The number of nitrogens with zero attached hydrogens (tertiary/aromatic N) is 2. The van der Waals surface area contributed by atoms with Crippen molar-refractivity contribution >= 4 is 39.1 Å². The highest BCUT2D eigenvalue weighted by atomic mass is 35.5. The molecule has 0 spiro atoms. The number of aryl methyl sites for hydroxylation is 1. The number of anilines is 1. The lowest BCUT2D eigenvalue weighted by molar-refractivity contribution is -0.139. The predicted octanol–water partition coefficient (Wildman–Crippen LogP) is 4.32. The van der Waals surface area contributed by atoms with Crippen LogP contribution in [-0.4, -0.2) is 44.8 Å². The summed E-state index contributed by atoms with van der Waals surface area (Å²) in [5, 5.41) is 2.95. The van der Waals surface area contributed by atoms with E-state index in [1.54, 1.807) is 50.2 Å². The molecule has 2 amide bonds. The summed E-state index contributed by atoms with van der Waals surface area (Å²) in [6.45, 7) is 4.91. The van der Waals surface area contributed by atoms with Crippen molar-refractivity contribution in [3.05, 3.63) is 94.5 Å². The summed E-state index contributed by atoms with van der Waals surface area (Å²) in [5.74, 6) is -0.877. The van der Waals surface area contributed by atoms with Gasteiger partial charge in [-0.05, 0) is 56.2 Å². The van der Waals surface area contributed by atoms with Crippen LogP contribution in [0.2, 0.25) is 5.02 Å². The maximum Gasteiger partial charge on any atom is 0.264 e. The van der Waals surface area contributed by atoms with Gasteiger partial charge in [0.2, 0.25) is 11.8 Å². The fraction of sp³-hybridized carbons (Fsp3) is 0.259. The smallest absolute Gasteiger partial charge is 0.264 e. The highest BCUT2D eigenvalue weighted by molar-refractivity contribution is 7.92. The van der Waals surface area contributed by atoms with E-state index in [0.29, 0.717) is 16.3 Å². The minimum absolute atomic E-state index is 0.0432. The number of nitrogens with one attached hydrogen (secondary N) is 1. The van der Waals surface area contributed by atoms with E-state index in [1.165, 1.54) is 24.1 Å². The fourth-order valence-electron chi connectivity index (χ4n) is 3.78. The Kier molecular flexibility index (Phi) is 8.76. The second-order valence-corrected chi connectivity index (χ2v) is 10.8. The summed E-state index contributed by atoms with van der Waals surface area (Å²) in [5.41, 5.74) is 2.70. The molecule has 0 aliphatic heterocycles. The van der Waals surface area contributed by atoms with Gasteiger partial charge in [-0.2, -0.15) is 0 Å². The predicted molar refractivity (Wildman–Crippen MR) is 142 cm³/mol. The van der Waals surface area contributed by atoms with E-state index >= 15 is 0 Å². The Morgan fingerprint density at radius 2 is 1.58 bits per heavy atom. The highest BCUT2D eigenvalue weighted by Gasteiger charge is 2.33. The van der Waals surface area contributed by atoms with Gasteiger partial charge in [0.1, 0.15) is 12.6 Å². The SMILES string of the molecule is CNC(=O)[C@H](C)N(Cc1ccc(C)cc1)C(=O)CN(c1cccc(Cl)c1C)S(=O)(=O)c1ccccc1. The molecular formula is C27H30ClN3O4S. The summed E-state index contributed by atoms with van der Waals surface area (Å²) in [7, 11) is -2.63. The second-order valence-electron chi connectivity index (χ2n) is 8.51. The standard InChI is InChI=1S/C27H30ClN3O4S/c1-19-13-15-22(16-14-19)17-30(21(3)27(33)29-4)26(32)18-31(25-12-8-11-24(28)20(25)2)36(34,35)23-9-6-5-7-10-23/h5-16,21H,17-18H2,1-4H3,(H,29,33)/t21-/m0/s1. The molecule has 3 aromatic carbocycles. The second kappa shape index (κ2) is 11.6. The van der Waals surface area contributed by atoms with E-state index < -0.39 is 28.5 Å². The number of halogens is 1. The molecule has 1 atom stereocenters. The normalized spacial score (nSPS) is 12.0. The largest absolute Gasteiger partial charge is 0.357 e. The Morgan fingerprint density at radius 1 is 0.944 bits per heavy atom. The first-order valence-corrected chi connectivity index (χ1v) is 13.3. The zero-order chi connectivity index (χ0) is 26.5. The van der Waals surface area contributed by atoms with Crippen LogP contribution in [0, 0.1) is 13.8 Å². The Balaban J connectivity index is 2.06. The van der Waals surface area contributed by atoms with Gasteiger partial charge in [-0.3, -0.25) is 13.9 Å². The first kappa shape index (κ1) is 27.2. The first-order valence-electron chi connectivity index (χ1n) is 11.5. The van der Waals surface area contributed by atoms with Crippen LogP contribution in [0.4, 0.5) is 5.69 Å². The van der Waals surface area contributed by atoms with E-state index in [2.05, 4.69) is 5.32 Å². The summed E-state index contributed by atoms with van der Waals surface area (Å²) < 4.78 is 28.5. The van der Waals surface area contributed by atoms with Crippen LogP contribution < -0.4 is 9.62 Å². The molecule has 0 unspecified atom stereocenters. The molecule has 36 heavy (non-hydrogen) atoms. The van der Waals surface area contributed by atoms with Crippen molar-refractivity contribution in [3.8, 4) is 0 Å². The van der Waals surface area contributed by atoms with Gasteiger partial charge in [0.05, 0.1) is 10.6 Å². The topological polar surface area (TPSA) is 86.8 Å². The zero-order valence-corrected chi connectivity index (χ0v) is 22.3. The Hall–Kier alpha value is -3.36. The third-order valence-corrected chi connectivity index (χ3v) is 8.19. The van der Waals surface area contributed by atoms with Crippen LogP contribution >= 0.6 is 11.6 Å². The number of hydrogen-bond acceptors (Lipinski definition) is 4. The van der Waals surface area contributed by atoms with Gasteiger partial charge in [-0.25, -0.2) is 8.42 Å². The van der Waals surface area contributed by atoms with Crippen LogP contribution in [0.15, 0.2) is 77.7 Å². The molecule has 0 aromatic heterocycles. The van der Waals surface area contributed by atoms with Crippen molar-refractivity contribution in [2.45, 2.75) is 38.3 Å². The van der Waals surface area contributed by atoms with Crippen molar-refractivity contribution in [3.63, 3.8) is 0 Å². The molecule has 7 nitrogen and oxygen atoms in total. The minimum atomic E-state index is -4.13. The molecular weight excluding hydrogens is 498 g/mol. The van der Waals surface area contributed by atoms with Crippen molar-refractivity contribution < 1.29 is 18.0 Å². The fourth-order valence-corrected chi connectivity index (χ4v) is 5.44. The van der Waals surface area contributed by atoms with Gasteiger partial charge in [0.25, 0.3) is 10.0 Å². The summed E-state index contributed by atoms with van der Waals surface area (Å²) >= 11 is 6.31. The molecule has 0 saturated heterocycles. The lowest BCUT2D eigenvalue weighted by atomic mass is 10.1. The Bertz CT molecular complexity index is 1330. The quantitative estimate of drug-likeness (QED) is 0.449. The molecule has 1 N–H and O–H groups in total. The van der Waals surface area contributed by atoms with Crippen molar-refractivity contribution in [2.75, 3.05) is 17.9 Å². The molecule has 0 aliphatic carbocycles. The summed E-state index contributed by atoms with van der Waals surface area (Å²) in [6.07, 6.45) is 0. The molecule has 0 saturated carbocycles. The number of amides is 2. The number of sulfonamides is 1. The Morgan fingerprint density at radius 3 is 2.19 bits per heavy atom. The number of carbonyl (C=O) groups is 2. The van der Waals surface area contributed by atoms with Crippen LogP contribution in [0.1, 0.15) is 23.6 Å². The number of carbonyl (C=O) groups excluding carboxylic acids is 2. The molecule has 0 aliphatic rings. The van der Waals surface area contributed by atoms with Gasteiger partial charge < -0.3 is 10.2 Å². The molecule has 0 heterocycles. The summed E-state index contributed by atoms with van der Waals surface area (Å²) in [6, 6.07) is 19.6. The van der Waals surface area contributed by atoms with Crippen LogP contribution in [0.25, 0.3) is 0 Å². The van der Waals surface area contributed by atoms with E-state index in [0.717, 1.165) is 15.4 Å². The zero-order valence-electron chi connectivity index (χ0n) is 20.7. The lowest BCUT2D eigenvalue weighted by Crippen LogP contribution is -2.50. The maximum absolute atomic E-state index is 13.7. The van der Waals surface area contributed by atoms with Gasteiger partial charge in [0, 0.05) is 18.6 Å². The molecule has 0 bridgehead atoms. The third-order valence-electron chi connectivity index (χ3n) is 6.01. The average molecular weight is 528 g/mol. The summed E-state index contributed by atoms with van der Waals surface area (Å²) in [4.78, 5) is 27.7. The van der Waals surface area contributed by atoms with Gasteiger partial charge >= 0.3 is 0 Å². The number of benzene rings is 3. The van der Waals surface area contributed by atoms with E-state index in [9.17, 15) is 18.0 Å². The minimum Gasteiger partial charge on any atom is -0.357 e. The third kappa shape index (κ3) is 6.06. The monoisotopic (exact) mass is 527 g/mol. The van der Waals surface area contributed by atoms with Crippen LogP contribution in [-0.2, 0) is 26.2 Å². The number of likely N-dealkylation sites (N-methyl/N-ethyl adjacent to an activating group) is 1. The van der Waals surface area contributed by atoms with Crippen LogP contribution in [0.3, 0.4) is 0 Å². The van der Waals surface area contributed by atoms with Crippen molar-refractivity contribution in [1.29, 1.82) is 0 Å². The maximum atomic E-state index is 13.7. The highest BCUT2D eigenvalue weighted by Crippen LogP contribution is 2.31. The van der Waals surface area contributed by atoms with Crippen molar-refractivity contribution in [1.82, 2.24) is 10.2 Å². The van der Waals surface area contributed by atoms with E-state index in [1.807, 2.05) is 31.2 Å².